The van der Waals surface area contributed by atoms with Crippen LogP contribution in [0.3, 0.4) is 0 Å². The molecule has 0 spiro atoms. The maximum atomic E-state index is 12.0. The number of carbonyl (C=O) groups excluding carboxylic acids is 1. The quantitative estimate of drug-likeness (QED) is 0.799. The number of hydrogen-bond donors (Lipinski definition) is 2. The minimum atomic E-state index is -0.0698. The van der Waals surface area contributed by atoms with Crippen LogP contribution in [0.5, 0.6) is 5.75 Å². The van der Waals surface area contributed by atoms with Gasteiger partial charge in [0, 0.05) is 18.8 Å². The summed E-state index contributed by atoms with van der Waals surface area (Å²) in [6.07, 6.45) is 2.02. The SMILES string of the molecule is CSCCNC(=O)c1cccc2c1OCCN2. The second kappa shape index (κ2) is 5.82. The number of fused-ring (bicyclic) bond motifs is 1. The maximum Gasteiger partial charge on any atom is 0.255 e. The van der Waals surface area contributed by atoms with E-state index in [2.05, 4.69) is 10.6 Å². The van der Waals surface area contributed by atoms with Crippen LogP contribution in [0, 0.1) is 0 Å². The lowest BCUT2D eigenvalue weighted by Crippen LogP contribution is -2.28. The summed E-state index contributed by atoms with van der Waals surface area (Å²) in [5.74, 6) is 1.51. The lowest BCUT2D eigenvalue weighted by atomic mass is 10.1. The summed E-state index contributed by atoms with van der Waals surface area (Å²) in [7, 11) is 0. The Morgan fingerprint density at radius 2 is 2.47 bits per heavy atom. The number of ether oxygens (including phenoxy) is 1. The first kappa shape index (κ1) is 12.1. The Kier molecular flexibility index (Phi) is 4.14. The molecule has 1 aromatic carbocycles. The molecule has 0 bridgehead atoms. The Balaban J connectivity index is 2.12. The molecule has 0 saturated heterocycles. The minimum absolute atomic E-state index is 0.0698. The summed E-state index contributed by atoms with van der Waals surface area (Å²) in [5.41, 5.74) is 1.50. The molecule has 2 N–H and O–H groups in total. The first-order valence-corrected chi connectivity index (χ1v) is 6.99. The molecule has 1 heterocycles. The fourth-order valence-corrected chi connectivity index (χ4v) is 2.02. The number of para-hydroxylation sites is 1. The van der Waals surface area contributed by atoms with Crippen LogP contribution in [0.4, 0.5) is 5.69 Å². The van der Waals surface area contributed by atoms with Gasteiger partial charge in [-0.2, -0.15) is 11.8 Å². The van der Waals surface area contributed by atoms with E-state index >= 15 is 0 Å². The molecule has 5 heteroatoms. The molecule has 0 aromatic heterocycles. The normalized spacial score (nSPS) is 13.2. The van der Waals surface area contributed by atoms with Crippen molar-refractivity contribution in [3.8, 4) is 5.75 Å². The lowest BCUT2D eigenvalue weighted by Gasteiger charge is -2.21. The van der Waals surface area contributed by atoms with Crippen LogP contribution in [0.15, 0.2) is 18.2 Å². The van der Waals surface area contributed by atoms with Crippen molar-refractivity contribution in [3.05, 3.63) is 23.8 Å². The third-order valence-corrected chi connectivity index (χ3v) is 3.13. The smallest absolute Gasteiger partial charge is 0.255 e. The van der Waals surface area contributed by atoms with Gasteiger partial charge in [0.1, 0.15) is 6.61 Å². The molecule has 1 aromatic rings. The first-order valence-electron chi connectivity index (χ1n) is 5.59. The van der Waals surface area contributed by atoms with Crippen molar-refractivity contribution < 1.29 is 9.53 Å². The predicted octanol–water partition coefficient (Wildman–Crippen LogP) is 1.58. The summed E-state index contributed by atoms with van der Waals surface area (Å²) >= 11 is 1.71. The van der Waals surface area contributed by atoms with Crippen molar-refractivity contribution in [1.29, 1.82) is 0 Å². The zero-order valence-corrected chi connectivity index (χ0v) is 10.6. The van der Waals surface area contributed by atoms with E-state index in [1.54, 1.807) is 17.8 Å². The first-order chi connectivity index (χ1) is 8.33. The number of benzene rings is 1. The fourth-order valence-electron chi connectivity index (χ4n) is 1.71. The van der Waals surface area contributed by atoms with Gasteiger partial charge in [-0.3, -0.25) is 4.79 Å². The topological polar surface area (TPSA) is 50.4 Å². The van der Waals surface area contributed by atoms with Gasteiger partial charge in [-0.15, -0.1) is 0 Å². The van der Waals surface area contributed by atoms with Gasteiger partial charge in [0.15, 0.2) is 5.75 Å². The molecule has 1 amide bonds. The maximum absolute atomic E-state index is 12.0. The summed E-state index contributed by atoms with van der Waals surface area (Å²) in [6, 6.07) is 5.58. The van der Waals surface area contributed by atoms with E-state index in [0.29, 0.717) is 24.5 Å². The molecule has 0 unspecified atom stereocenters. The van der Waals surface area contributed by atoms with E-state index in [4.69, 9.17) is 4.74 Å². The average molecular weight is 252 g/mol. The van der Waals surface area contributed by atoms with Crippen molar-refractivity contribution in [2.24, 2.45) is 0 Å². The third kappa shape index (κ3) is 2.85. The van der Waals surface area contributed by atoms with Gasteiger partial charge in [-0.25, -0.2) is 0 Å². The molecule has 0 fully saturated rings. The Morgan fingerprint density at radius 3 is 3.29 bits per heavy atom. The summed E-state index contributed by atoms with van der Waals surface area (Å²) in [6.45, 7) is 2.06. The summed E-state index contributed by atoms with van der Waals surface area (Å²) < 4.78 is 5.55. The molecule has 92 valence electrons. The highest BCUT2D eigenvalue weighted by molar-refractivity contribution is 7.98. The van der Waals surface area contributed by atoms with E-state index in [9.17, 15) is 4.79 Å². The number of thioether (sulfide) groups is 1. The zero-order valence-electron chi connectivity index (χ0n) is 9.79. The average Bonchev–Trinajstić information content (AvgIpc) is 2.38. The Morgan fingerprint density at radius 1 is 1.59 bits per heavy atom. The van der Waals surface area contributed by atoms with Crippen molar-refractivity contribution in [2.45, 2.75) is 0 Å². The third-order valence-electron chi connectivity index (χ3n) is 2.52. The molecule has 0 aliphatic carbocycles. The van der Waals surface area contributed by atoms with Gasteiger partial charge in [-0.1, -0.05) is 6.07 Å². The van der Waals surface area contributed by atoms with Gasteiger partial charge in [0.05, 0.1) is 11.3 Å². The summed E-state index contributed by atoms with van der Waals surface area (Å²) in [5, 5.41) is 6.10. The van der Waals surface area contributed by atoms with E-state index < -0.39 is 0 Å². The lowest BCUT2D eigenvalue weighted by molar-refractivity contribution is 0.0952. The standard InChI is InChI=1S/C12H16N2O2S/c1-17-8-6-14-12(15)9-3-2-4-10-11(9)16-7-5-13-10/h2-4,13H,5-8H2,1H3,(H,14,15). The molecule has 17 heavy (non-hydrogen) atoms. The van der Waals surface area contributed by atoms with Gasteiger partial charge in [0.25, 0.3) is 5.91 Å². The van der Waals surface area contributed by atoms with Crippen LogP contribution in [-0.4, -0.2) is 37.6 Å². The molecular weight excluding hydrogens is 236 g/mol. The highest BCUT2D eigenvalue weighted by Crippen LogP contribution is 2.30. The molecule has 2 rings (SSSR count). The van der Waals surface area contributed by atoms with E-state index in [-0.39, 0.29) is 5.91 Å². The van der Waals surface area contributed by atoms with Crippen molar-refractivity contribution in [2.75, 3.05) is 37.0 Å². The molecule has 4 nitrogen and oxygen atoms in total. The number of nitrogens with one attached hydrogen (secondary N) is 2. The largest absolute Gasteiger partial charge is 0.489 e. The second-order valence-corrected chi connectivity index (χ2v) is 4.69. The van der Waals surface area contributed by atoms with Gasteiger partial charge >= 0.3 is 0 Å². The molecular formula is C12H16N2O2S. The zero-order chi connectivity index (χ0) is 12.1. The molecule has 1 aliphatic rings. The highest BCUT2D eigenvalue weighted by Gasteiger charge is 2.18. The molecule has 0 radical (unpaired) electrons. The van der Waals surface area contributed by atoms with Crippen LogP contribution in [0.1, 0.15) is 10.4 Å². The van der Waals surface area contributed by atoms with Crippen molar-refractivity contribution >= 4 is 23.4 Å². The molecule has 1 aliphatic heterocycles. The van der Waals surface area contributed by atoms with Crippen LogP contribution >= 0.6 is 11.8 Å². The number of hydrogen-bond acceptors (Lipinski definition) is 4. The second-order valence-electron chi connectivity index (χ2n) is 3.71. The van der Waals surface area contributed by atoms with Gasteiger partial charge in [0.2, 0.25) is 0 Å². The monoisotopic (exact) mass is 252 g/mol. The van der Waals surface area contributed by atoms with Crippen LogP contribution in [-0.2, 0) is 0 Å². The number of amides is 1. The fraction of sp³-hybridized carbons (Fsp3) is 0.417. The van der Waals surface area contributed by atoms with E-state index in [0.717, 1.165) is 18.0 Å². The summed E-state index contributed by atoms with van der Waals surface area (Å²) in [4.78, 5) is 12.0. The van der Waals surface area contributed by atoms with E-state index in [1.165, 1.54) is 0 Å². The van der Waals surface area contributed by atoms with Crippen molar-refractivity contribution in [1.82, 2.24) is 5.32 Å². The van der Waals surface area contributed by atoms with E-state index in [1.807, 2.05) is 18.4 Å². The van der Waals surface area contributed by atoms with Crippen LogP contribution in [0.25, 0.3) is 0 Å². The number of anilines is 1. The highest BCUT2D eigenvalue weighted by atomic mass is 32.2. The predicted molar refractivity (Wildman–Crippen MR) is 71.1 cm³/mol. The minimum Gasteiger partial charge on any atom is -0.489 e. The van der Waals surface area contributed by atoms with Crippen LogP contribution < -0.4 is 15.4 Å². The number of rotatable bonds is 4. The molecule has 0 atom stereocenters. The van der Waals surface area contributed by atoms with Crippen LogP contribution in [0.2, 0.25) is 0 Å². The Hall–Kier alpha value is -1.36. The van der Waals surface area contributed by atoms with Gasteiger partial charge in [-0.05, 0) is 18.4 Å². The number of carbonyl (C=O) groups is 1. The van der Waals surface area contributed by atoms with Gasteiger partial charge < -0.3 is 15.4 Å². The Labute approximate surface area is 105 Å². The van der Waals surface area contributed by atoms with Crippen molar-refractivity contribution in [3.63, 3.8) is 0 Å². The Bertz CT molecular complexity index is 409. The molecule has 0 saturated carbocycles.